The summed E-state index contributed by atoms with van der Waals surface area (Å²) in [7, 11) is -0.494. The first-order valence-corrected chi connectivity index (χ1v) is 11.2. The SMILES string of the molecule is COc1ccc(S(=O)(=O)NC2CCN(C(=O)/C=C/c3ccccc3OC)CC2)cc1. The summed E-state index contributed by atoms with van der Waals surface area (Å²) in [5, 5.41) is 0. The molecule has 3 rings (SSSR count). The molecule has 2 aromatic carbocycles. The van der Waals surface area contributed by atoms with E-state index in [1.807, 2.05) is 24.3 Å². The van der Waals surface area contributed by atoms with Gasteiger partial charge in [-0.25, -0.2) is 13.1 Å². The van der Waals surface area contributed by atoms with Crippen LogP contribution in [0.1, 0.15) is 18.4 Å². The second-order valence-corrected chi connectivity index (χ2v) is 8.69. The van der Waals surface area contributed by atoms with Crippen LogP contribution in [0, 0.1) is 0 Å². The van der Waals surface area contributed by atoms with Crippen LogP contribution < -0.4 is 14.2 Å². The van der Waals surface area contributed by atoms with Crippen molar-refractivity contribution in [2.75, 3.05) is 27.3 Å². The maximum absolute atomic E-state index is 12.6. The molecular weight excluding hydrogens is 404 g/mol. The number of piperidine rings is 1. The quantitative estimate of drug-likeness (QED) is 0.683. The maximum Gasteiger partial charge on any atom is 0.246 e. The van der Waals surface area contributed by atoms with E-state index in [-0.39, 0.29) is 16.8 Å². The number of nitrogens with one attached hydrogen (secondary N) is 1. The largest absolute Gasteiger partial charge is 0.497 e. The molecule has 1 aliphatic rings. The number of ether oxygens (including phenoxy) is 2. The van der Waals surface area contributed by atoms with Crippen LogP contribution in [0.5, 0.6) is 11.5 Å². The average Bonchev–Trinajstić information content (AvgIpc) is 2.78. The summed E-state index contributed by atoms with van der Waals surface area (Å²) in [6.45, 7) is 0.982. The third kappa shape index (κ3) is 5.40. The first-order chi connectivity index (χ1) is 14.4. The molecule has 30 heavy (non-hydrogen) atoms. The number of benzene rings is 2. The van der Waals surface area contributed by atoms with Crippen molar-refractivity contribution in [3.63, 3.8) is 0 Å². The smallest absolute Gasteiger partial charge is 0.246 e. The zero-order valence-corrected chi connectivity index (χ0v) is 17.9. The van der Waals surface area contributed by atoms with E-state index < -0.39 is 10.0 Å². The van der Waals surface area contributed by atoms with Crippen LogP contribution in [0.2, 0.25) is 0 Å². The number of nitrogens with zero attached hydrogens (tertiary/aromatic N) is 1. The van der Waals surface area contributed by atoms with E-state index in [4.69, 9.17) is 9.47 Å². The number of methoxy groups -OCH3 is 2. The van der Waals surface area contributed by atoms with Crippen LogP contribution in [-0.4, -0.2) is 52.6 Å². The molecule has 1 fully saturated rings. The van der Waals surface area contributed by atoms with Gasteiger partial charge < -0.3 is 14.4 Å². The second-order valence-electron chi connectivity index (χ2n) is 6.97. The summed E-state index contributed by atoms with van der Waals surface area (Å²) in [6, 6.07) is 13.5. The molecule has 1 heterocycles. The van der Waals surface area contributed by atoms with E-state index in [0.717, 1.165) is 5.56 Å². The van der Waals surface area contributed by atoms with Crippen LogP contribution in [0.25, 0.3) is 6.08 Å². The van der Waals surface area contributed by atoms with Gasteiger partial charge in [-0.05, 0) is 49.2 Å². The zero-order chi connectivity index (χ0) is 21.6. The molecule has 0 spiro atoms. The summed E-state index contributed by atoms with van der Waals surface area (Å²) in [4.78, 5) is 14.4. The van der Waals surface area contributed by atoms with Gasteiger partial charge in [0, 0.05) is 30.8 Å². The van der Waals surface area contributed by atoms with Crippen molar-refractivity contribution in [3.8, 4) is 11.5 Å². The lowest BCUT2D eigenvalue weighted by atomic mass is 10.1. The molecule has 0 radical (unpaired) electrons. The number of para-hydroxylation sites is 1. The van der Waals surface area contributed by atoms with E-state index >= 15 is 0 Å². The lowest BCUT2D eigenvalue weighted by molar-refractivity contribution is -0.126. The van der Waals surface area contributed by atoms with E-state index in [2.05, 4.69) is 4.72 Å². The highest BCUT2D eigenvalue weighted by molar-refractivity contribution is 7.89. The van der Waals surface area contributed by atoms with E-state index in [9.17, 15) is 13.2 Å². The van der Waals surface area contributed by atoms with Crippen molar-refractivity contribution in [1.82, 2.24) is 9.62 Å². The summed E-state index contributed by atoms with van der Waals surface area (Å²) in [5.41, 5.74) is 0.829. The summed E-state index contributed by atoms with van der Waals surface area (Å²) in [5.74, 6) is 1.20. The molecule has 0 saturated carbocycles. The molecule has 0 unspecified atom stereocenters. The zero-order valence-electron chi connectivity index (χ0n) is 17.1. The fourth-order valence-corrected chi connectivity index (χ4v) is 4.64. The van der Waals surface area contributed by atoms with Gasteiger partial charge in [0.25, 0.3) is 0 Å². The normalized spacial score (nSPS) is 15.3. The molecule has 0 bridgehead atoms. The highest BCUT2D eigenvalue weighted by Gasteiger charge is 2.26. The van der Waals surface area contributed by atoms with Crippen LogP contribution in [0.4, 0.5) is 0 Å². The highest BCUT2D eigenvalue weighted by Crippen LogP contribution is 2.20. The Bertz CT molecular complexity index is 994. The minimum Gasteiger partial charge on any atom is -0.497 e. The molecule has 0 aliphatic carbocycles. The van der Waals surface area contributed by atoms with Gasteiger partial charge in [-0.3, -0.25) is 4.79 Å². The number of hydrogen-bond donors (Lipinski definition) is 1. The lowest BCUT2D eigenvalue weighted by Crippen LogP contribution is -2.46. The molecule has 0 atom stereocenters. The first kappa shape index (κ1) is 21.9. The van der Waals surface area contributed by atoms with Gasteiger partial charge in [0.05, 0.1) is 19.1 Å². The van der Waals surface area contributed by atoms with Gasteiger partial charge in [-0.2, -0.15) is 0 Å². The third-order valence-corrected chi connectivity index (χ3v) is 6.58. The standard InChI is InChI=1S/C22H26N2O5S/c1-28-19-8-10-20(11-9-19)30(26,27)23-18-13-15-24(16-14-18)22(25)12-7-17-5-3-4-6-21(17)29-2/h3-12,18,23H,13-16H2,1-2H3/b12-7+. The minimum absolute atomic E-state index is 0.0997. The Balaban J connectivity index is 1.55. The predicted octanol–water partition coefficient (Wildman–Crippen LogP) is 2.69. The second kappa shape index (κ2) is 9.77. The van der Waals surface area contributed by atoms with Crippen molar-refractivity contribution < 1.29 is 22.7 Å². The average molecular weight is 431 g/mol. The first-order valence-electron chi connectivity index (χ1n) is 9.69. The predicted molar refractivity (Wildman–Crippen MR) is 115 cm³/mol. The molecular formula is C22H26N2O5S. The third-order valence-electron chi connectivity index (χ3n) is 5.04. The van der Waals surface area contributed by atoms with Crippen molar-refractivity contribution in [2.24, 2.45) is 0 Å². The number of rotatable bonds is 7. The number of carbonyl (C=O) groups excluding carboxylic acids is 1. The lowest BCUT2D eigenvalue weighted by Gasteiger charge is -2.31. The molecule has 0 aromatic heterocycles. The molecule has 1 saturated heterocycles. The Morgan fingerprint density at radius 1 is 1.03 bits per heavy atom. The molecule has 7 nitrogen and oxygen atoms in total. The van der Waals surface area contributed by atoms with Gasteiger partial charge in [-0.1, -0.05) is 18.2 Å². The minimum atomic E-state index is -3.61. The topological polar surface area (TPSA) is 84.9 Å². The Labute approximate surface area is 177 Å². The summed E-state index contributed by atoms with van der Waals surface area (Å²) >= 11 is 0. The number of hydrogen-bond acceptors (Lipinski definition) is 5. The Morgan fingerprint density at radius 2 is 1.70 bits per heavy atom. The summed E-state index contributed by atoms with van der Waals surface area (Å²) < 4.78 is 38.2. The van der Waals surface area contributed by atoms with Gasteiger partial charge >= 0.3 is 0 Å². The molecule has 8 heteroatoms. The molecule has 1 N–H and O–H groups in total. The maximum atomic E-state index is 12.6. The van der Waals surface area contributed by atoms with E-state index in [1.165, 1.54) is 25.3 Å². The molecule has 1 amide bonds. The Morgan fingerprint density at radius 3 is 2.33 bits per heavy atom. The number of carbonyl (C=O) groups is 1. The van der Waals surface area contributed by atoms with Gasteiger partial charge in [-0.15, -0.1) is 0 Å². The van der Waals surface area contributed by atoms with Crippen LogP contribution in [0.15, 0.2) is 59.5 Å². The van der Waals surface area contributed by atoms with E-state index in [0.29, 0.717) is 37.4 Å². The summed E-state index contributed by atoms with van der Waals surface area (Å²) in [6.07, 6.45) is 4.38. The molecule has 2 aromatic rings. The number of amides is 1. The van der Waals surface area contributed by atoms with Crippen molar-refractivity contribution in [3.05, 3.63) is 60.2 Å². The highest BCUT2D eigenvalue weighted by atomic mass is 32.2. The number of likely N-dealkylation sites (tertiary alicyclic amines) is 1. The Kier molecular flexibility index (Phi) is 7.12. The molecule has 1 aliphatic heterocycles. The van der Waals surface area contributed by atoms with Crippen LogP contribution >= 0.6 is 0 Å². The monoisotopic (exact) mass is 430 g/mol. The van der Waals surface area contributed by atoms with Crippen molar-refractivity contribution in [1.29, 1.82) is 0 Å². The van der Waals surface area contributed by atoms with Gasteiger partial charge in [0.2, 0.25) is 15.9 Å². The van der Waals surface area contributed by atoms with Crippen molar-refractivity contribution >= 4 is 22.0 Å². The van der Waals surface area contributed by atoms with E-state index in [1.54, 1.807) is 30.2 Å². The fraction of sp³-hybridized carbons (Fsp3) is 0.318. The molecule has 160 valence electrons. The Hall–Kier alpha value is -2.84. The number of sulfonamides is 1. The van der Waals surface area contributed by atoms with Crippen LogP contribution in [-0.2, 0) is 14.8 Å². The fourth-order valence-electron chi connectivity index (χ4n) is 3.33. The van der Waals surface area contributed by atoms with Gasteiger partial charge in [0.15, 0.2) is 0 Å². The van der Waals surface area contributed by atoms with Crippen molar-refractivity contribution in [2.45, 2.75) is 23.8 Å². The van der Waals surface area contributed by atoms with Gasteiger partial charge in [0.1, 0.15) is 11.5 Å². The van der Waals surface area contributed by atoms with Crippen LogP contribution in [0.3, 0.4) is 0 Å².